The molecule has 0 atom stereocenters. The number of pyridine rings is 1. The highest BCUT2D eigenvalue weighted by atomic mass is 19.1. The first kappa shape index (κ1) is 12.6. The van der Waals surface area contributed by atoms with E-state index in [1.807, 2.05) is 0 Å². The maximum absolute atomic E-state index is 14.4. The normalized spacial score (nSPS) is 11.4. The molecule has 0 radical (unpaired) electrons. The smallest absolute Gasteiger partial charge is 0.247 e. The molecule has 0 saturated carbocycles. The Labute approximate surface area is 123 Å². The zero-order chi connectivity index (χ0) is 15.3. The molecule has 110 valence electrons. The van der Waals surface area contributed by atoms with Crippen LogP contribution in [0, 0.1) is 12.7 Å². The van der Waals surface area contributed by atoms with Crippen molar-refractivity contribution in [3.63, 3.8) is 0 Å². The van der Waals surface area contributed by atoms with Crippen molar-refractivity contribution in [1.29, 1.82) is 0 Å². The second-order valence-corrected chi connectivity index (χ2v) is 4.77. The van der Waals surface area contributed by atoms with Crippen molar-refractivity contribution >= 4 is 5.52 Å². The Hall–Kier alpha value is -3.16. The number of aromatic amines is 1. The van der Waals surface area contributed by atoms with Gasteiger partial charge in [-0.15, -0.1) is 0 Å². The van der Waals surface area contributed by atoms with Gasteiger partial charge >= 0.3 is 0 Å². The molecule has 4 heterocycles. The lowest BCUT2D eigenvalue weighted by Crippen LogP contribution is -1.99. The third-order valence-electron chi connectivity index (χ3n) is 3.47. The molecule has 4 rings (SSSR count). The Kier molecular flexibility index (Phi) is 2.52. The average Bonchev–Trinajstić information content (AvgIpc) is 3.09. The van der Waals surface area contributed by atoms with Crippen LogP contribution in [0.4, 0.5) is 4.39 Å². The SMILES string of the molecule is Cc1c(O)cn2ncnc(Oc3c[nH]c4nccc-4c3F)c12. The third-order valence-corrected chi connectivity index (χ3v) is 3.47. The Balaban J connectivity index is 1.86. The van der Waals surface area contributed by atoms with E-state index in [2.05, 4.69) is 20.1 Å². The Bertz CT molecular complexity index is 961. The molecule has 0 unspecified atom stereocenters. The predicted molar refractivity (Wildman–Crippen MR) is 74.6 cm³/mol. The molecule has 2 aromatic heterocycles. The number of nitrogens with one attached hydrogen (secondary N) is 1. The molecule has 8 heteroatoms. The third kappa shape index (κ3) is 1.70. The van der Waals surface area contributed by atoms with Crippen LogP contribution in [-0.2, 0) is 0 Å². The minimum absolute atomic E-state index is 0.0128. The van der Waals surface area contributed by atoms with Crippen LogP contribution in [0.15, 0.2) is 31.0 Å². The van der Waals surface area contributed by atoms with Crippen molar-refractivity contribution in [2.45, 2.75) is 6.92 Å². The van der Waals surface area contributed by atoms with Gasteiger partial charge in [-0.05, 0) is 13.0 Å². The molecule has 0 bridgehead atoms. The fourth-order valence-corrected chi connectivity index (χ4v) is 2.32. The minimum atomic E-state index is -0.531. The second kappa shape index (κ2) is 4.42. The van der Waals surface area contributed by atoms with Crippen molar-refractivity contribution in [2.75, 3.05) is 0 Å². The Morgan fingerprint density at radius 1 is 1.36 bits per heavy atom. The predicted octanol–water partition coefficient (Wildman–Crippen LogP) is 2.50. The van der Waals surface area contributed by atoms with E-state index < -0.39 is 5.82 Å². The van der Waals surface area contributed by atoms with E-state index in [1.165, 1.54) is 29.4 Å². The zero-order valence-electron chi connectivity index (χ0n) is 11.4. The summed E-state index contributed by atoms with van der Waals surface area (Å²) in [6.45, 7) is 1.70. The van der Waals surface area contributed by atoms with Crippen molar-refractivity contribution in [3.8, 4) is 28.8 Å². The highest BCUT2D eigenvalue weighted by Crippen LogP contribution is 2.34. The molecule has 22 heavy (non-hydrogen) atoms. The number of H-pyrrole nitrogens is 1. The van der Waals surface area contributed by atoms with Crippen LogP contribution in [0.2, 0.25) is 0 Å². The first-order chi connectivity index (χ1) is 10.6. The lowest BCUT2D eigenvalue weighted by molar-refractivity contribution is 0.426. The van der Waals surface area contributed by atoms with Crippen molar-refractivity contribution in [3.05, 3.63) is 42.4 Å². The number of rotatable bonds is 2. The van der Waals surface area contributed by atoms with Gasteiger partial charge in [0, 0.05) is 18.0 Å². The molecular formula is C14H10FN5O2. The molecule has 2 aromatic rings. The minimum Gasteiger partial charge on any atom is -0.506 e. The molecule has 2 N–H and O–H groups in total. The van der Waals surface area contributed by atoms with Crippen LogP contribution in [0.5, 0.6) is 17.4 Å². The number of halogens is 1. The van der Waals surface area contributed by atoms with Gasteiger partial charge in [0.05, 0.1) is 11.8 Å². The van der Waals surface area contributed by atoms with E-state index in [4.69, 9.17) is 4.74 Å². The number of nitrogens with zero attached hydrogens (tertiary/aromatic N) is 4. The molecule has 0 saturated heterocycles. The van der Waals surface area contributed by atoms with E-state index in [1.54, 1.807) is 13.0 Å². The fraction of sp³-hybridized carbons (Fsp3) is 0.0714. The number of fused-ring (bicyclic) bond motifs is 2. The highest BCUT2D eigenvalue weighted by Gasteiger charge is 2.19. The van der Waals surface area contributed by atoms with Crippen molar-refractivity contribution in [2.24, 2.45) is 0 Å². The maximum Gasteiger partial charge on any atom is 0.247 e. The lowest BCUT2D eigenvalue weighted by Gasteiger charge is -2.09. The standard InChI is InChI=1S/C14H10FN5O2/c1-7-9(21)5-20-12(7)14(18-6-19-20)22-10-4-17-13-8(11(10)15)2-3-16-13/h2-6,21H,1H3,(H,16,17). The maximum atomic E-state index is 14.4. The van der Waals surface area contributed by atoms with E-state index in [9.17, 15) is 9.50 Å². The average molecular weight is 299 g/mol. The number of hydrogen-bond acceptors (Lipinski definition) is 5. The summed E-state index contributed by atoms with van der Waals surface area (Å²) in [5, 5.41) is 13.8. The van der Waals surface area contributed by atoms with Gasteiger partial charge in [0.1, 0.15) is 23.4 Å². The summed E-state index contributed by atoms with van der Waals surface area (Å²) >= 11 is 0. The first-order valence-electron chi connectivity index (χ1n) is 6.46. The summed E-state index contributed by atoms with van der Waals surface area (Å²) in [5.74, 6) is 0.110. The van der Waals surface area contributed by atoms with E-state index >= 15 is 0 Å². The van der Waals surface area contributed by atoms with Gasteiger partial charge in [-0.25, -0.2) is 13.9 Å². The van der Waals surface area contributed by atoms with Crippen LogP contribution in [0.3, 0.4) is 0 Å². The first-order valence-corrected chi connectivity index (χ1v) is 6.46. The number of ether oxygens (including phenoxy) is 1. The van der Waals surface area contributed by atoms with Gasteiger partial charge in [0.15, 0.2) is 11.6 Å². The molecule has 0 amide bonds. The van der Waals surface area contributed by atoms with Crippen LogP contribution >= 0.6 is 0 Å². The second-order valence-electron chi connectivity index (χ2n) is 4.77. The molecule has 0 aliphatic carbocycles. The topological polar surface area (TPSA) is 88.3 Å². The lowest BCUT2D eigenvalue weighted by atomic mass is 10.2. The van der Waals surface area contributed by atoms with E-state index in [0.29, 0.717) is 22.5 Å². The van der Waals surface area contributed by atoms with Gasteiger partial charge in [0.25, 0.3) is 0 Å². The van der Waals surface area contributed by atoms with Gasteiger partial charge in [-0.2, -0.15) is 10.1 Å². The summed E-state index contributed by atoms with van der Waals surface area (Å²) in [4.78, 5) is 10.9. The van der Waals surface area contributed by atoms with E-state index in [0.717, 1.165) is 0 Å². The molecular weight excluding hydrogens is 289 g/mol. The number of aryl methyl sites for hydroxylation is 1. The molecule has 7 nitrogen and oxygen atoms in total. The highest BCUT2D eigenvalue weighted by molar-refractivity contribution is 5.68. The van der Waals surface area contributed by atoms with Crippen LogP contribution in [0.1, 0.15) is 5.56 Å². The molecule has 0 aromatic carbocycles. The van der Waals surface area contributed by atoms with Crippen LogP contribution in [0.25, 0.3) is 16.9 Å². The molecule has 2 aliphatic heterocycles. The van der Waals surface area contributed by atoms with Crippen LogP contribution in [-0.4, -0.2) is 29.7 Å². The quantitative estimate of drug-likeness (QED) is 0.593. The fourth-order valence-electron chi connectivity index (χ4n) is 2.32. The summed E-state index contributed by atoms with van der Waals surface area (Å²) < 4.78 is 21.4. The van der Waals surface area contributed by atoms with Crippen molar-refractivity contribution in [1.82, 2.24) is 24.6 Å². The van der Waals surface area contributed by atoms with Gasteiger partial charge in [0.2, 0.25) is 5.88 Å². The van der Waals surface area contributed by atoms with Crippen molar-refractivity contribution < 1.29 is 14.2 Å². The summed E-state index contributed by atoms with van der Waals surface area (Å²) in [7, 11) is 0. The zero-order valence-corrected chi connectivity index (χ0v) is 11.4. The molecule has 0 fully saturated rings. The van der Waals surface area contributed by atoms with Crippen LogP contribution < -0.4 is 4.74 Å². The molecule has 2 aliphatic rings. The number of aromatic nitrogens is 5. The number of aromatic hydroxyl groups is 1. The van der Waals surface area contributed by atoms with Gasteiger partial charge in [-0.3, -0.25) is 0 Å². The van der Waals surface area contributed by atoms with Gasteiger partial charge in [-0.1, -0.05) is 0 Å². The summed E-state index contributed by atoms with van der Waals surface area (Å²) in [6.07, 6.45) is 5.59. The van der Waals surface area contributed by atoms with Gasteiger partial charge < -0.3 is 14.8 Å². The Morgan fingerprint density at radius 2 is 2.23 bits per heavy atom. The largest absolute Gasteiger partial charge is 0.506 e. The monoisotopic (exact) mass is 299 g/mol. The Morgan fingerprint density at radius 3 is 3.09 bits per heavy atom. The van der Waals surface area contributed by atoms with E-state index in [-0.39, 0.29) is 17.4 Å². The molecule has 0 spiro atoms. The number of hydrogen-bond donors (Lipinski definition) is 2. The summed E-state index contributed by atoms with van der Waals surface area (Å²) in [5.41, 5.74) is 1.36. The summed E-state index contributed by atoms with van der Waals surface area (Å²) in [6, 6.07) is 1.55.